The molecule has 1 unspecified atom stereocenters. The van der Waals surface area contributed by atoms with Crippen molar-refractivity contribution in [3.63, 3.8) is 0 Å². The van der Waals surface area contributed by atoms with Gasteiger partial charge in [-0.25, -0.2) is 22.2 Å². The van der Waals surface area contributed by atoms with Crippen LogP contribution in [0.5, 0.6) is 5.88 Å². The highest BCUT2D eigenvalue weighted by molar-refractivity contribution is 7.92. The van der Waals surface area contributed by atoms with Crippen LogP contribution in [-0.2, 0) is 10.0 Å². The summed E-state index contributed by atoms with van der Waals surface area (Å²) in [6.45, 7) is 8.26. The van der Waals surface area contributed by atoms with E-state index in [9.17, 15) is 17.2 Å². The number of pyridine rings is 1. The predicted octanol–water partition coefficient (Wildman–Crippen LogP) is 3.94. The molecule has 0 radical (unpaired) electrons. The average molecular weight is 428 g/mol. The van der Waals surface area contributed by atoms with Gasteiger partial charge < -0.3 is 10.1 Å². The van der Waals surface area contributed by atoms with Gasteiger partial charge in [-0.3, -0.25) is 4.72 Å². The second-order valence-corrected chi connectivity index (χ2v) is 8.72. The largest absolute Gasteiger partial charge is 0.476 e. The second kappa shape index (κ2) is 9.98. The van der Waals surface area contributed by atoms with E-state index >= 15 is 0 Å². The number of benzene rings is 1. The lowest BCUT2D eigenvalue weighted by Gasteiger charge is -2.14. The highest BCUT2D eigenvalue weighted by Gasteiger charge is 2.20. The molecule has 160 valence electrons. The molecular formula is C20H27F2N3O3S. The fourth-order valence-corrected chi connectivity index (χ4v) is 3.65. The van der Waals surface area contributed by atoms with Gasteiger partial charge in [0.15, 0.2) is 0 Å². The van der Waals surface area contributed by atoms with Crippen LogP contribution in [0.15, 0.2) is 41.3 Å². The van der Waals surface area contributed by atoms with Crippen molar-refractivity contribution in [3.05, 3.63) is 47.7 Å². The molecule has 29 heavy (non-hydrogen) atoms. The molecule has 0 aliphatic heterocycles. The summed E-state index contributed by atoms with van der Waals surface area (Å²) >= 11 is 0. The normalized spacial score (nSPS) is 13.0. The van der Waals surface area contributed by atoms with Gasteiger partial charge in [0.2, 0.25) is 12.3 Å². The minimum absolute atomic E-state index is 0.0118. The lowest BCUT2D eigenvalue weighted by Crippen LogP contribution is -2.27. The SMILES string of the molecule is Cc1nc(OCCNC(C)C)ccc1NS(=O)(=O)c1ccc(C(C)C(F)F)cc1. The molecule has 1 aromatic heterocycles. The molecule has 0 fully saturated rings. The van der Waals surface area contributed by atoms with Crippen LogP contribution in [-0.4, -0.2) is 39.0 Å². The third kappa shape index (κ3) is 6.64. The van der Waals surface area contributed by atoms with Crippen molar-refractivity contribution in [3.8, 4) is 5.88 Å². The van der Waals surface area contributed by atoms with Crippen LogP contribution in [0.25, 0.3) is 0 Å². The zero-order valence-corrected chi connectivity index (χ0v) is 17.8. The number of nitrogens with zero attached hydrogens (tertiary/aromatic N) is 1. The van der Waals surface area contributed by atoms with Crippen molar-refractivity contribution in [2.75, 3.05) is 17.9 Å². The smallest absolute Gasteiger partial charge is 0.261 e. The highest BCUT2D eigenvalue weighted by atomic mass is 32.2. The number of ether oxygens (including phenoxy) is 1. The summed E-state index contributed by atoms with van der Waals surface area (Å²) in [6, 6.07) is 8.97. The van der Waals surface area contributed by atoms with E-state index in [1.807, 2.05) is 13.8 Å². The Bertz CT molecular complexity index is 904. The van der Waals surface area contributed by atoms with Crippen LogP contribution >= 0.6 is 0 Å². The summed E-state index contributed by atoms with van der Waals surface area (Å²) in [5, 5.41) is 3.22. The fourth-order valence-electron chi connectivity index (χ4n) is 2.53. The molecule has 0 aliphatic rings. The van der Waals surface area contributed by atoms with E-state index in [1.165, 1.54) is 31.2 Å². The molecule has 6 nitrogen and oxygen atoms in total. The van der Waals surface area contributed by atoms with Gasteiger partial charge in [-0.15, -0.1) is 0 Å². The molecule has 0 saturated carbocycles. The number of alkyl halides is 2. The van der Waals surface area contributed by atoms with Gasteiger partial charge >= 0.3 is 0 Å². The molecule has 1 atom stereocenters. The third-order valence-corrected chi connectivity index (χ3v) is 5.68. The van der Waals surface area contributed by atoms with E-state index in [0.717, 1.165) is 0 Å². The van der Waals surface area contributed by atoms with E-state index in [2.05, 4.69) is 15.0 Å². The molecule has 2 aromatic rings. The van der Waals surface area contributed by atoms with E-state index < -0.39 is 22.4 Å². The molecule has 0 spiro atoms. The Morgan fingerprint density at radius 3 is 2.28 bits per heavy atom. The summed E-state index contributed by atoms with van der Waals surface area (Å²) in [6.07, 6.45) is -2.51. The number of sulfonamides is 1. The molecule has 1 aromatic carbocycles. The molecule has 1 heterocycles. The quantitative estimate of drug-likeness (QED) is 0.562. The molecular weight excluding hydrogens is 400 g/mol. The van der Waals surface area contributed by atoms with Crippen LogP contribution in [0.2, 0.25) is 0 Å². The Morgan fingerprint density at radius 2 is 1.72 bits per heavy atom. The van der Waals surface area contributed by atoms with Gasteiger partial charge in [0.1, 0.15) is 6.61 Å². The highest BCUT2D eigenvalue weighted by Crippen LogP contribution is 2.25. The first-order valence-electron chi connectivity index (χ1n) is 9.35. The summed E-state index contributed by atoms with van der Waals surface area (Å²) in [5.74, 6) is -0.559. The minimum Gasteiger partial charge on any atom is -0.476 e. The summed E-state index contributed by atoms with van der Waals surface area (Å²) in [4.78, 5) is 4.25. The van der Waals surface area contributed by atoms with Crippen molar-refractivity contribution in [1.82, 2.24) is 10.3 Å². The van der Waals surface area contributed by atoms with Crippen LogP contribution < -0.4 is 14.8 Å². The van der Waals surface area contributed by atoms with Crippen molar-refractivity contribution in [1.29, 1.82) is 0 Å². The number of hydrogen-bond acceptors (Lipinski definition) is 5. The fraction of sp³-hybridized carbons (Fsp3) is 0.450. The third-order valence-electron chi connectivity index (χ3n) is 4.30. The maximum absolute atomic E-state index is 12.8. The summed E-state index contributed by atoms with van der Waals surface area (Å²) in [5.41, 5.74) is 1.17. The second-order valence-electron chi connectivity index (χ2n) is 7.04. The maximum atomic E-state index is 12.8. The number of halogens is 2. The van der Waals surface area contributed by atoms with Gasteiger partial charge in [0, 0.05) is 24.6 Å². The van der Waals surface area contributed by atoms with Crippen LogP contribution in [0.4, 0.5) is 14.5 Å². The van der Waals surface area contributed by atoms with Gasteiger partial charge in [-0.1, -0.05) is 32.9 Å². The number of hydrogen-bond donors (Lipinski definition) is 2. The molecule has 9 heteroatoms. The first-order chi connectivity index (χ1) is 13.6. The van der Waals surface area contributed by atoms with E-state index in [-0.39, 0.29) is 4.90 Å². The Kier molecular flexibility index (Phi) is 7.92. The van der Waals surface area contributed by atoms with E-state index in [1.54, 1.807) is 19.1 Å². The molecule has 2 N–H and O–H groups in total. The molecule has 0 saturated heterocycles. The van der Waals surface area contributed by atoms with Crippen molar-refractivity contribution >= 4 is 15.7 Å². The molecule has 2 rings (SSSR count). The van der Waals surface area contributed by atoms with Gasteiger partial charge in [0.25, 0.3) is 10.0 Å². The maximum Gasteiger partial charge on any atom is 0.261 e. The lowest BCUT2D eigenvalue weighted by molar-refractivity contribution is 0.121. The first-order valence-corrected chi connectivity index (χ1v) is 10.8. The van der Waals surface area contributed by atoms with Gasteiger partial charge in [-0.05, 0) is 30.7 Å². The Balaban J connectivity index is 2.06. The number of nitrogens with one attached hydrogen (secondary N) is 2. The number of anilines is 1. The predicted molar refractivity (Wildman–Crippen MR) is 109 cm³/mol. The van der Waals surface area contributed by atoms with Crippen LogP contribution in [0, 0.1) is 6.92 Å². The molecule has 0 amide bonds. The van der Waals surface area contributed by atoms with Crippen molar-refractivity contribution in [2.45, 2.75) is 51.0 Å². The number of aromatic nitrogens is 1. The summed E-state index contributed by atoms with van der Waals surface area (Å²) < 4.78 is 58.8. The van der Waals surface area contributed by atoms with Crippen molar-refractivity contribution in [2.24, 2.45) is 0 Å². The topological polar surface area (TPSA) is 80.3 Å². The number of rotatable bonds is 10. The molecule has 0 aliphatic carbocycles. The summed E-state index contributed by atoms with van der Waals surface area (Å²) in [7, 11) is -3.87. The monoisotopic (exact) mass is 427 g/mol. The van der Waals surface area contributed by atoms with E-state index in [4.69, 9.17) is 4.74 Å². The van der Waals surface area contributed by atoms with Crippen LogP contribution in [0.1, 0.15) is 37.9 Å². The van der Waals surface area contributed by atoms with Gasteiger partial charge in [-0.2, -0.15) is 0 Å². The van der Waals surface area contributed by atoms with Crippen LogP contribution in [0.3, 0.4) is 0 Å². The minimum atomic E-state index is -3.87. The number of aryl methyl sites for hydroxylation is 1. The first kappa shape index (κ1) is 23.0. The molecule has 0 bridgehead atoms. The Morgan fingerprint density at radius 1 is 1.07 bits per heavy atom. The average Bonchev–Trinajstić information content (AvgIpc) is 2.66. The zero-order chi connectivity index (χ0) is 21.6. The Hall–Kier alpha value is -2.26. The Labute approximate surface area is 170 Å². The standard InChI is InChI=1S/C20H27F2N3O3S/c1-13(2)23-11-12-28-19-10-9-18(15(4)24-19)25-29(26,27)17-7-5-16(6-8-17)14(3)20(21)22/h5-10,13-14,20,23,25H,11-12H2,1-4H3. The van der Waals surface area contributed by atoms with Gasteiger partial charge in [0.05, 0.1) is 16.3 Å². The zero-order valence-electron chi connectivity index (χ0n) is 16.9. The lowest BCUT2D eigenvalue weighted by atomic mass is 10.0. The van der Waals surface area contributed by atoms with E-state index in [0.29, 0.717) is 42.0 Å². The van der Waals surface area contributed by atoms with Crippen molar-refractivity contribution < 1.29 is 21.9 Å².